The number of nitrogens with two attached hydrogens (primary N) is 1. The van der Waals surface area contributed by atoms with E-state index in [2.05, 4.69) is 11.8 Å². The van der Waals surface area contributed by atoms with Crippen LogP contribution in [0.1, 0.15) is 39.4 Å². The fourth-order valence-electron chi connectivity index (χ4n) is 2.95. The lowest BCUT2D eigenvalue weighted by atomic mass is 9.89. The molecule has 0 saturated carbocycles. The summed E-state index contributed by atoms with van der Waals surface area (Å²) in [5.41, 5.74) is 10.2. The summed E-state index contributed by atoms with van der Waals surface area (Å²) in [6.07, 6.45) is 0.304. The molecule has 0 amide bonds. The quantitative estimate of drug-likeness (QED) is 0.413. The maximum Gasteiger partial charge on any atom is 0.166 e. The van der Waals surface area contributed by atoms with Crippen molar-refractivity contribution in [3.8, 4) is 11.8 Å². The van der Waals surface area contributed by atoms with Crippen LogP contribution in [0.3, 0.4) is 0 Å². The third-order valence-electron chi connectivity index (χ3n) is 4.38. The number of carbonyl (C=O) groups excluding carboxylic acids is 1. The standard InChI is InChI=1S/C24H21NO/c1-18-9-5-6-12-21(18)20(16-15-19-10-3-2-4-11-19)17-24(26)22-13-7-8-14-23(22)25/h2-14,20H,17,25H2,1H3/t20-/m0/s1. The summed E-state index contributed by atoms with van der Waals surface area (Å²) >= 11 is 0. The molecule has 2 N–H and O–H groups in total. The molecule has 0 aromatic heterocycles. The zero-order valence-corrected chi connectivity index (χ0v) is 14.8. The Kier molecular flexibility index (Phi) is 5.51. The SMILES string of the molecule is Cc1ccccc1[C@@H](C#Cc1ccccc1)CC(=O)c1ccccc1N. The lowest BCUT2D eigenvalue weighted by Gasteiger charge is -2.14. The molecular weight excluding hydrogens is 318 g/mol. The van der Waals surface area contributed by atoms with E-state index in [1.54, 1.807) is 12.1 Å². The molecule has 0 saturated heterocycles. The Hall–Kier alpha value is -3.31. The molecule has 0 fully saturated rings. The van der Waals surface area contributed by atoms with Crippen molar-refractivity contribution in [1.29, 1.82) is 0 Å². The number of aryl methyl sites for hydroxylation is 1. The minimum absolute atomic E-state index is 0.0127. The highest BCUT2D eigenvalue weighted by Crippen LogP contribution is 2.26. The molecule has 3 aromatic rings. The Morgan fingerprint density at radius 2 is 1.58 bits per heavy atom. The van der Waals surface area contributed by atoms with Gasteiger partial charge in [0.25, 0.3) is 0 Å². The minimum atomic E-state index is -0.177. The van der Waals surface area contributed by atoms with E-state index in [1.165, 1.54) is 0 Å². The Balaban J connectivity index is 1.94. The van der Waals surface area contributed by atoms with Crippen LogP contribution < -0.4 is 5.73 Å². The summed E-state index contributed by atoms with van der Waals surface area (Å²) in [5.74, 6) is 6.35. The minimum Gasteiger partial charge on any atom is -0.398 e. The summed E-state index contributed by atoms with van der Waals surface area (Å²) in [6, 6.07) is 25.1. The zero-order valence-electron chi connectivity index (χ0n) is 14.8. The van der Waals surface area contributed by atoms with Crippen molar-refractivity contribution in [2.75, 3.05) is 5.73 Å². The third kappa shape index (κ3) is 4.20. The highest BCUT2D eigenvalue weighted by molar-refractivity contribution is 6.01. The summed E-state index contributed by atoms with van der Waals surface area (Å²) in [7, 11) is 0. The monoisotopic (exact) mass is 339 g/mol. The average molecular weight is 339 g/mol. The number of anilines is 1. The summed E-state index contributed by atoms with van der Waals surface area (Å²) in [4.78, 5) is 12.8. The molecule has 26 heavy (non-hydrogen) atoms. The molecule has 0 aliphatic heterocycles. The largest absolute Gasteiger partial charge is 0.398 e. The van der Waals surface area contributed by atoms with Gasteiger partial charge in [0.05, 0.1) is 5.92 Å². The highest BCUT2D eigenvalue weighted by atomic mass is 16.1. The van der Waals surface area contributed by atoms with Gasteiger partial charge in [-0.3, -0.25) is 4.79 Å². The van der Waals surface area contributed by atoms with Crippen LogP contribution >= 0.6 is 0 Å². The summed E-state index contributed by atoms with van der Waals surface area (Å²) in [6.45, 7) is 2.05. The molecule has 2 nitrogen and oxygen atoms in total. The van der Waals surface area contributed by atoms with Gasteiger partial charge >= 0.3 is 0 Å². The van der Waals surface area contributed by atoms with Crippen LogP contribution in [0, 0.1) is 18.8 Å². The average Bonchev–Trinajstić information content (AvgIpc) is 2.67. The Bertz CT molecular complexity index is 964. The predicted molar refractivity (Wildman–Crippen MR) is 107 cm³/mol. The molecular formula is C24H21NO. The van der Waals surface area contributed by atoms with Crippen molar-refractivity contribution < 1.29 is 4.79 Å². The Morgan fingerprint density at radius 3 is 2.31 bits per heavy atom. The fraction of sp³-hybridized carbons (Fsp3) is 0.125. The molecule has 3 rings (SSSR count). The molecule has 1 atom stereocenters. The lowest BCUT2D eigenvalue weighted by Crippen LogP contribution is -2.09. The van der Waals surface area contributed by atoms with Crippen LogP contribution in [0.4, 0.5) is 5.69 Å². The first-order chi connectivity index (χ1) is 12.6. The Labute approximate surface area is 154 Å². The summed E-state index contributed by atoms with van der Waals surface area (Å²) < 4.78 is 0. The second-order valence-electron chi connectivity index (χ2n) is 6.26. The molecule has 2 heteroatoms. The number of hydrogen-bond acceptors (Lipinski definition) is 2. The second-order valence-corrected chi connectivity index (χ2v) is 6.26. The molecule has 0 spiro atoms. The molecule has 0 aliphatic rings. The van der Waals surface area contributed by atoms with E-state index in [9.17, 15) is 4.79 Å². The van der Waals surface area contributed by atoms with Crippen molar-refractivity contribution >= 4 is 11.5 Å². The molecule has 0 bridgehead atoms. The molecule has 3 aromatic carbocycles. The van der Waals surface area contributed by atoms with Gasteiger partial charge in [-0.1, -0.05) is 66.4 Å². The number of benzene rings is 3. The van der Waals surface area contributed by atoms with Crippen LogP contribution in [-0.2, 0) is 0 Å². The van der Waals surface area contributed by atoms with E-state index in [1.807, 2.05) is 73.7 Å². The number of Topliss-reactive ketones (excluding diaryl/α,β-unsaturated/α-hetero) is 1. The van der Waals surface area contributed by atoms with Gasteiger partial charge in [-0.25, -0.2) is 0 Å². The van der Waals surface area contributed by atoms with Crippen LogP contribution in [0.15, 0.2) is 78.9 Å². The number of hydrogen-bond donors (Lipinski definition) is 1. The van der Waals surface area contributed by atoms with Gasteiger partial charge in [0.15, 0.2) is 5.78 Å². The first-order valence-electron chi connectivity index (χ1n) is 8.65. The first kappa shape index (κ1) is 17.5. The predicted octanol–water partition coefficient (Wildman–Crippen LogP) is 4.99. The van der Waals surface area contributed by atoms with Gasteiger partial charge in [0, 0.05) is 23.2 Å². The van der Waals surface area contributed by atoms with E-state index in [4.69, 9.17) is 5.73 Å². The van der Waals surface area contributed by atoms with Crippen molar-refractivity contribution in [3.05, 3.63) is 101 Å². The third-order valence-corrected chi connectivity index (χ3v) is 4.38. The number of nitrogen functional groups attached to an aromatic ring is 1. The topological polar surface area (TPSA) is 43.1 Å². The van der Waals surface area contributed by atoms with Crippen LogP contribution in [0.5, 0.6) is 0 Å². The highest BCUT2D eigenvalue weighted by Gasteiger charge is 2.18. The maximum atomic E-state index is 12.8. The van der Waals surface area contributed by atoms with E-state index in [-0.39, 0.29) is 11.7 Å². The number of ketones is 1. The second kappa shape index (κ2) is 8.18. The van der Waals surface area contributed by atoms with Gasteiger partial charge in [0.1, 0.15) is 0 Å². The molecule has 0 aliphatic carbocycles. The van der Waals surface area contributed by atoms with Gasteiger partial charge in [-0.05, 0) is 42.3 Å². The van der Waals surface area contributed by atoms with E-state index in [0.717, 1.165) is 16.7 Å². The first-order valence-corrected chi connectivity index (χ1v) is 8.65. The van der Waals surface area contributed by atoms with Crippen molar-refractivity contribution in [2.24, 2.45) is 0 Å². The normalized spacial score (nSPS) is 11.3. The molecule has 128 valence electrons. The Morgan fingerprint density at radius 1 is 0.923 bits per heavy atom. The lowest BCUT2D eigenvalue weighted by molar-refractivity contribution is 0.0980. The zero-order chi connectivity index (χ0) is 18.4. The van der Waals surface area contributed by atoms with Gasteiger partial charge in [-0.2, -0.15) is 0 Å². The molecule has 0 radical (unpaired) electrons. The van der Waals surface area contributed by atoms with Crippen molar-refractivity contribution in [3.63, 3.8) is 0 Å². The van der Waals surface area contributed by atoms with Crippen molar-refractivity contribution in [2.45, 2.75) is 19.3 Å². The van der Waals surface area contributed by atoms with Crippen molar-refractivity contribution in [1.82, 2.24) is 0 Å². The van der Waals surface area contributed by atoms with Gasteiger partial charge < -0.3 is 5.73 Å². The van der Waals surface area contributed by atoms with Crippen LogP contribution in [0.2, 0.25) is 0 Å². The fourth-order valence-corrected chi connectivity index (χ4v) is 2.95. The number of para-hydroxylation sites is 1. The molecule has 0 heterocycles. The van der Waals surface area contributed by atoms with E-state index >= 15 is 0 Å². The van der Waals surface area contributed by atoms with Crippen LogP contribution in [0.25, 0.3) is 0 Å². The molecule has 0 unspecified atom stereocenters. The maximum absolute atomic E-state index is 12.8. The number of rotatable bonds is 4. The van der Waals surface area contributed by atoms with Gasteiger partial charge in [-0.15, -0.1) is 0 Å². The van der Waals surface area contributed by atoms with E-state index < -0.39 is 0 Å². The van der Waals surface area contributed by atoms with Gasteiger partial charge in [0.2, 0.25) is 0 Å². The van der Waals surface area contributed by atoms with E-state index in [0.29, 0.717) is 17.7 Å². The summed E-state index contributed by atoms with van der Waals surface area (Å²) in [5, 5.41) is 0. The van der Waals surface area contributed by atoms with Crippen LogP contribution in [-0.4, -0.2) is 5.78 Å². The smallest absolute Gasteiger partial charge is 0.166 e. The number of carbonyl (C=O) groups is 1.